The molecule has 1 atom stereocenters. The van der Waals surface area contributed by atoms with E-state index in [-0.39, 0.29) is 5.04 Å². The molecular weight excluding hydrogens is 640 g/mol. The van der Waals surface area contributed by atoms with Gasteiger partial charge < -0.3 is 0 Å². The van der Waals surface area contributed by atoms with Gasteiger partial charge in [0.1, 0.15) is 0 Å². The molecule has 44 heavy (non-hydrogen) atoms. The fourth-order valence-electron chi connectivity index (χ4n) is 7.02. The zero-order chi connectivity index (χ0) is 31.7. The van der Waals surface area contributed by atoms with Crippen molar-refractivity contribution >= 4 is 36.2 Å². The normalized spacial score (nSPS) is 18.7. The topological polar surface area (TPSA) is 0 Å². The van der Waals surface area contributed by atoms with Gasteiger partial charge in [0.25, 0.3) is 0 Å². The second-order valence-corrected chi connectivity index (χ2v) is 26.0. The molecule has 3 aromatic rings. The Labute approximate surface area is 283 Å². The standard InChI is InChI=1S/C28H37Si2.C13H10.Zr/c1-9-20-17-22-19-24-23(26(22)25(18-20)29(3,4)5)15-16-28(10-2,30(6,7)8)27(24)21-13-11-12-14-21;1-3-7-12(8-4-1)11-13-9-5-2-6-10-13;/h11-13,15-18H,9-10,14H2,1-8H3;1-10H;/q-1;;. The molecule has 3 aliphatic carbocycles. The van der Waals surface area contributed by atoms with Crippen LogP contribution in [-0.2, 0) is 30.7 Å². The van der Waals surface area contributed by atoms with E-state index in [1.165, 1.54) is 77.7 Å². The molecular formula is C41H47Si2Zr-. The van der Waals surface area contributed by atoms with Gasteiger partial charge in [-0.3, -0.25) is 0 Å². The Hall–Kier alpha value is -2.45. The predicted molar refractivity (Wildman–Crippen MR) is 195 cm³/mol. The van der Waals surface area contributed by atoms with Crippen molar-refractivity contribution in [3.63, 3.8) is 0 Å². The summed E-state index contributed by atoms with van der Waals surface area (Å²) in [5.41, 5.74) is 10.1. The maximum atomic E-state index is 3.98. The number of rotatable bonds is 7. The molecule has 3 aromatic carbocycles. The van der Waals surface area contributed by atoms with Crippen molar-refractivity contribution in [3.8, 4) is 0 Å². The molecule has 0 spiro atoms. The molecule has 0 nitrogen and oxygen atoms in total. The van der Waals surface area contributed by atoms with Crippen molar-refractivity contribution in [1.29, 1.82) is 0 Å². The van der Waals surface area contributed by atoms with Crippen molar-refractivity contribution < 1.29 is 24.2 Å². The molecule has 0 fully saturated rings. The van der Waals surface area contributed by atoms with E-state index in [1.807, 2.05) is 0 Å². The van der Waals surface area contributed by atoms with Crippen LogP contribution in [0.25, 0.3) is 11.6 Å². The van der Waals surface area contributed by atoms with Crippen LogP contribution in [0.3, 0.4) is 0 Å². The van der Waals surface area contributed by atoms with Gasteiger partial charge in [0, 0.05) is 0 Å². The third-order valence-electron chi connectivity index (χ3n) is 9.56. The summed E-state index contributed by atoms with van der Waals surface area (Å²) in [4.78, 5) is 0. The summed E-state index contributed by atoms with van der Waals surface area (Å²) in [6.45, 7) is 19.7. The van der Waals surface area contributed by atoms with E-state index in [1.54, 1.807) is 10.8 Å². The minimum absolute atomic E-state index is 0.172. The van der Waals surface area contributed by atoms with E-state index < -0.39 is 16.1 Å². The average Bonchev–Trinajstić information content (AvgIpc) is 3.68. The number of hydrogen-bond donors (Lipinski definition) is 0. The molecule has 0 radical (unpaired) electrons. The van der Waals surface area contributed by atoms with Gasteiger partial charge in [0.05, 0.1) is 16.1 Å². The summed E-state index contributed by atoms with van der Waals surface area (Å²) >= 11 is 1.46. The van der Waals surface area contributed by atoms with Gasteiger partial charge in [0.15, 0.2) is 0 Å². The van der Waals surface area contributed by atoms with Gasteiger partial charge in [-0.05, 0) is 17.9 Å². The second-order valence-electron chi connectivity index (χ2n) is 14.3. The Kier molecular flexibility index (Phi) is 9.81. The van der Waals surface area contributed by atoms with Gasteiger partial charge >= 0.3 is 99.2 Å². The Morgan fingerprint density at radius 3 is 1.95 bits per heavy atom. The van der Waals surface area contributed by atoms with E-state index in [2.05, 4.69) is 162 Å². The molecule has 224 valence electrons. The van der Waals surface area contributed by atoms with E-state index in [4.69, 9.17) is 0 Å². The van der Waals surface area contributed by atoms with Crippen molar-refractivity contribution in [2.75, 3.05) is 0 Å². The first-order chi connectivity index (χ1) is 20.9. The number of fused-ring (bicyclic) bond motifs is 2. The number of allylic oxidation sites excluding steroid dienone is 8. The molecule has 0 heterocycles. The molecule has 0 amide bonds. The monoisotopic (exact) mass is 685 g/mol. The first-order valence-electron chi connectivity index (χ1n) is 16.2. The predicted octanol–water partition coefficient (Wildman–Crippen LogP) is 8.66. The second kappa shape index (κ2) is 13.1. The molecule has 0 N–H and O–H groups in total. The SMILES string of the molecule is CCc1cc([Si](C)(C)C)c2c(c1)=[C-]C1=C(C3=CC=CC3)C(CC)([Si](C)(C)C)C=CC=21.[Zr]=[C](c1ccccc1)c1ccccc1. The Morgan fingerprint density at radius 2 is 1.48 bits per heavy atom. The summed E-state index contributed by atoms with van der Waals surface area (Å²) < 4.78 is 1.42. The number of benzene rings is 3. The zero-order valence-corrected chi connectivity index (χ0v) is 32.4. The van der Waals surface area contributed by atoms with Gasteiger partial charge in [0.2, 0.25) is 0 Å². The van der Waals surface area contributed by atoms with Crippen LogP contribution in [0.1, 0.15) is 43.4 Å². The van der Waals surface area contributed by atoms with Crippen LogP contribution < -0.4 is 15.6 Å². The van der Waals surface area contributed by atoms with Crippen molar-refractivity contribution in [1.82, 2.24) is 0 Å². The summed E-state index contributed by atoms with van der Waals surface area (Å²) in [6.07, 6.45) is 19.3. The van der Waals surface area contributed by atoms with Gasteiger partial charge in [-0.1, -0.05) is 118 Å². The summed E-state index contributed by atoms with van der Waals surface area (Å²) in [5, 5.41) is 4.61. The molecule has 1 unspecified atom stereocenters. The molecule has 0 saturated carbocycles. The van der Waals surface area contributed by atoms with E-state index in [0.29, 0.717) is 0 Å². The summed E-state index contributed by atoms with van der Waals surface area (Å²) in [7, 11) is -3.01. The van der Waals surface area contributed by atoms with Crippen LogP contribution in [0.5, 0.6) is 0 Å². The van der Waals surface area contributed by atoms with Crippen LogP contribution in [0, 0.1) is 0 Å². The third kappa shape index (κ3) is 6.30. The van der Waals surface area contributed by atoms with Crippen molar-refractivity contribution in [2.45, 2.75) is 77.4 Å². The van der Waals surface area contributed by atoms with Crippen LogP contribution in [0.15, 0.2) is 120 Å². The Bertz CT molecular complexity index is 1770. The fourth-order valence-corrected chi connectivity index (χ4v) is 12.2. The van der Waals surface area contributed by atoms with Gasteiger partial charge in [-0.15, -0.1) is 33.7 Å². The quantitative estimate of drug-likeness (QED) is 0.172. The first kappa shape index (κ1) is 32.9. The molecule has 0 aromatic heterocycles. The summed E-state index contributed by atoms with van der Waals surface area (Å²) in [6, 6.07) is 26.0. The van der Waals surface area contributed by atoms with Crippen molar-refractivity contribution in [3.05, 3.63) is 147 Å². The van der Waals surface area contributed by atoms with E-state index >= 15 is 0 Å². The average molecular weight is 687 g/mol. The molecule has 3 aliphatic rings. The molecule has 0 aliphatic heterocycles. The molecule has 6 rings (SSSR count). The Balaban J connectivity index is 0.000000229. The fraction of sp³-hybridized carbons (Fsp3) is 0.293. The van der Waals surface area contributed by atoms with E-state index in [9.17, 15) is 0 Å². The Morgan fingerprint density at radius 1 is 0.864 bits per heavy atom. The maximum absolute atomic E-state index is 3.98. The van der Waals surface area contributed by atoms with Gasteiger partial charge in [-0.2, -0.15) is 0 Å². The zero-order valence-electron chi connectivity index (χ0n) is 27.9. The van der Waals surface area contributed by atoms with Gasteiger partial charge in [-0.25, -0.2) is 0 Å². The summed E-state index contributed by atoms with van der Waals surface area (Å²) in [5.74, 6) is 0. The minimum atomic E-state index is -1.53. The van der Waals surface area contributed by atoms with E-state index in [0.717, 1.165) is 12.8 Å². The first-order valence-corrected chi connectivity index (χ1v) is 24.5. The third-order valence-corrected chi connectivity index (χ3v) is 16.4. The molecule has 0 saturated heterocycles. The van der Waals surface area contributed by atoms with Crippen LogP contribution >= 0.6 is 0 Å². The molecule has 3 heteroatoms. The molecule has 0 bridgehead atoms. The number of hydrogen-bond acceptors (Lipinski definition) is 0. The van der Waals surface area contributed by atoms with Crippen LogP contribution in [0.4, 0.5) is 0 Å². The number of aryl methyl sites for hydroxylation is 1. The van der Waals surface area contributed by atoms with Crippen molar-refractivity contribution in [2.24, 2.45) is 0 Å². The van der Waals surface area contributed by atoms with Crippen LogP contribution in [0.2, 0.25) is 44.3 Å². The van der Waals surface area contributed by atoms with Crippen LogP contribution in [-0.4, -0.2) is 19.4 Å².